The zero-order valence-corrected chi connectivity index (χ0v) is 14.8. The zero-order valence-electron chi connectivity index (χ0n) is 14.8. The summed E-state index contributed by atoms with van der Waals surface area (Å²) < 4.78 is 5.64. The molecule has 0 unspecified atom stereocenters. The van der Waals surface area contributed by atoms with Gasteiger partial charge in [0.05, 0.1) is 24.4 Å². The van der Waals surface area contributed by atoms with Crippen LogP contribution >= 0.6 is 0 Å². The summed E-state index contributed by atoms with van der Waals surface area (Å²) >= 11 is 0. The topological polar surface area (TPSA) is 41.6 Å². The second kappa shape index (κ2) is 8.56. The van der Waals surface area contributed by atoms with Crippen LogP contribution in [0.5, 0.6) is 5.75 Å². The number of amides is 1. The molecule has 0 aliphatic carbocycles. The third-order valence-corrected chi connectivity index (χ3v) is 4.49. The molecular weight excluding hydrogens is 312 g/mol. The van der Waals surface area contributed by atoms with Crippen LogP contribution in [0.15, 0.2) is 48.5 Å². The van der Waals surface area contributed by atoms with E-state index in [1.54, 1.807) is 0 Å². The molecule has 0 atom stereocenters. The van der Waals surface area contributed by atoms with Gasteiger partial charge in [-0.1, -0.05) is 29.8 Å². The van der Waals surface area contributed by atoms with E-state index >= 15 is 0 Å². The quantitative estimate of drug-likeness (QED) is 0.849. The number of carbonyl (C=O) groups is 1. The molecule has 132 valence electrons. The molecule has 0 spiro atoms. The average molecular weight is 338 g/mol. The highest BCUT2D eigenvalue weighted by atomic mass is 16.5. The molecule has 1 heterocycles. The highest BCUT2D eigenvalue weighted by molar-refractivity contribution is 5.94. The summed E-state index contributed by atoms with van der Waals surface area (Å²) in [5.41, 5.74) is 3.21. The number of nitrogens with one attached hydrogen (secondary N) is 1. The first-order chi connectivity index (χ1) is 12.2. The maximum atomic E-state index is 12.3. The van der Waals surface area contributed by atoms with Gasteiger partial charge in [-0.25, -0.2) is 0 Å². The number of aryl methyl sites for hydroxylation is 1. The van der Waals surface area contributed by atoms with Crippen LogP contribution in [0.4, 0.5) is 11.4 Å². The molecule has 1 N–H and O–H groups in total. The molecule has 2 aromatic rings. The van der Waals surface area contributed by atoms with Crippen LogP contribution in [-0.4, -0.2) is 25.6 Å². The number of nitrogens with zero attached hydrogens (tertiary/aromatic N) is 1. The number of ether oxygens (including phenoxy) is 1. The van der Waals surface area contributed by atoms with Crippen LogP contribution in [0, 0.1) is 6.92 Å². The summed E-state index contributed by atoms with van der Waals surface area (Å²) in [7, 11) is 0. The number of rotatable bonds is 6. The Hall–Kier alpha value is -2.49. The van der Waals surface area contributed by atoms with Crippen molar-refractivity contribution in [1.82, 2.24) is 0 Å². The highest BCUT2D eigenvalue weighted by Crippen LogP contribution is 2.28. The van der Waals surface area contributed by atoms with Crippen molar-refractivity contribution in [2.24, 2.45) is 0 Å². The summed E-state index contributed by atoms with van der Waals surface area (Å²) in [6, 6.07) is 15.9. The highest BCUT2D eigenvalue weighted by Gasteiger charge is 2.15. The largest absolute Gasteiger partial charge is 0.493 e. The fraction of sp³-hybridized carbons (Fsp3) is 0.381. The first-order valence-corrected chi connectivity index (χ1v) is 9.06. The predicted octanol–water partition coefficient (Wildman–Crippen LogP) is 4.39. The van der Waals surface area contributed by atoms with Gasteiger partial charge in [-0.3, -0.25) is 4.79 Å². The number of hydrogen-bond donors (Lipinski definition) is 1. The van der Waals surface area contributed by atoms with E-state index in [0.29, 0.717) is 13.0 Å². The van der Waals surface area contributed by atoms with Gasteiger partial charge in [-0.2, -0.15) is 0 Å². The molecule has 1 amide bonds. The molecule has 4 heteroatoms. The Bertz CT molecular complexity index is 691. The molecule has 3 rings (SSSR count). The van der Waals surface area contributed by atoms with Gasteiger partial charge in [0.15, 0.2) is 0 Å². The van der Waals surface area contributed by atoms with Crippen molar-refractivity contribution < 1.29 is 9.53 Å². The fourth-order valence-electron chi connectivity index (χ4n) is 3.10. The fourth-order valence-corrected chi connectivity index (χ4v) is 3.10. The first-order valence-electron chi connectivity index (χ1n) is 9.06. The Kier molecular flexibility index (Phi) is 5.94. The number of hydrogen-bond acceptors (Lipinski definition) is 3. The van der Waals surface area contributed by atoms with Crippen molar-refractivity contribution in [3.63, 3.8) is 0 Å². The Morgan fingerprint density at radius 1 is 1.04 bits per heavy atom. The molecule has 1 saturated heterocycles. The molecule has 0 bridgehead atoms. The average Bonchev–Trinajstić information content (AvgIpc) is 2.64. The Labute approximate surface area is 149 Å². The SMILES string of the molecule is Cc1ccc(OCCC(=O)Nc2ccccc2N2CCCCC2)cc1. The number of anilines is 2. The summed E-state index contributed by atoms with van der Waals surface area (Å²) in [4.78, 5) is 14.6. The molecule has 0 radical (unpaired) electrons. The van der Waals surface area contributed by atoms with Gasteiger partial charge in [-0.05, 0) is 50.5 Å². The standard InChI is InChI=1S/C21H26N2O2/c1-17-9-11-18(12-10-17)25-16-13-21(24)22-19-7-3-4-8-20(19)23-14-5-2-6-15-23/h3-4,7-12H,2,5-6,13-16H2,1H3,(H,22,24). The van der Waals surface area contributed by atoms with E-state index in [4.69, 9.17) is 4.74 Å². The molecule has 0 saturated carbocycles. The molecule has 1 aliphatic heterocycles. The van der Waals surface area contributed by atoms with Gasteiger partial charge in [0.1, 0.15) is 5.75 Å². The van der Waals surface area contributed by atoms with E-state index in [0.717, 1.165) is 30.2 Å². The maximum Gasteiger partial charge on any atom is 0.227 e. The maximum absolute atomic E-state index is 12.3. The normalized spacial score (nSPS) is 14.2. The molecule has 1 aliphatic rings. The zero-order chi connectivity index (χ0) is 17.5. The molecule has 25 heavy (non-hydrogen) atoms. The van der Waals surface area contributed by atoms with Crippen molar-refractivity contribution in [3.8, 4) is 5.75 Å². The predicted molar refractivity (Wildman–Crippen MR) is 102 cm³/mol. The van der Waals surface area contributed by atoms with E-state index in [-0.39, 0.29) is 5.91 Å². The van der Waals surface area contributed by atoms with E-state index in [2.05, 4.69) is 16.3 Å². The summed E-state index contributed by atoms with van der Waals surface area (Å²) in [6.07, 6.45) is 4.06. The van der Waals surface area contributed by atoms with Crippen LogP contribution in [-0.2, 0) is 4.79 Å². The third kappa shape index (κ3) is 4.99. The van der Waals surface area contributed by atoms with Crippen LogP contribution in [0.25, 0.3) is 0 Å². The molecule has 2 aromatic carbocycles. The smallest absolute Gasteiger partial charge is 0.227 e. The lowest BCUT2D eigenvalue weighted by Gasteiger charge is -2.30. The van der Waals surface area contributed by atoms with Crippen molar-refractivity contribution in [2.75, 3.05) is 29.9 Å². The minimum Gasteiger partial charge on any atom is -0.493 e. The van der Waals surface area contributed by atoms with E-state index in [1.165, 1.54) is 24.8 Å². The number of benzene rings is 2. The molecule has 4 nitrogen and oxygen atoms in total. The van der Waals surface area contributed by atoms with Crippen molar-refractivity contribution in [3.05, 3.63) is 54.1 Å². The van der Waals surface area contributed by atoms with Crippen molar-refractivity contribution in [1.29, 1.82) is 0 Å². The van der Waals surface area contributed by atoms with Gasteiger partial charge < -0.3 is 15.0 Å². The van der Waals surface area contributed by atoms with Gasteiger partial charge in [0.25, 0.3) is 0 Å². The first kappa shape index (κ1) is 17.3. The number of piperidine rings is 1. The van der Waals surface area contributed by atoms with Crippen LogP contribution in [0.1, 0.15) is 31.2 Å². The summed E-state index contributed by atoms with van der Waals surface area (Å²) in [5, 5.41) is 3.04. The van der Waals surface area contributed by atoms with Crippen molar-refractivity contribution >= 4 is 17.3 Å². The van der Waals surface area contributed by atoms with E-state index in [1.807, 2.05) is 49.4 Å². The number of carbonyl (C=O) groups excluding carboxylic acids is 1. The second-order valence-corrected chi connectivity index (χ2v) is 6.52. The van der Waals surface area contributed by atoms with Gasteiger partial charge in [0.2, 0.25) is 5.91 Å². The van der Waals surface area contributed by atoms with Gasteiger partial charge in [-0.15, -0.1) is 0 Å². The van der Waals surface area contributed by atoms with Crippen LogP contribution in [0.2, 0.25) is 0 Å². The molecule has 1 fully saturated rings. The second-order valence-electron chi connectivity index (χ2n) is 6.52. The Balaban J connectivity index is 1.53. The lowest BCUT2D eigenvalue weighted by Crippen LogP contribution is -2.30. The van der Waals surface area contributed by atoms with Crippen LogP contribution < -0.4 is 15.0 Å². The van der Waals surface area contributed by atoms with E-state index in [9.17, 15) is 4.79 Å². The summed E-state index contributed by atoms with van der Waals surface area (Å²) in [6.45, 7) is 4.53. The lowest BCUT2D eigenvalue weighted by molar-refractivity contribution is -0.116. The minimum absolute atomic E-state index is 0.0171. The molecule has 0 aromatic heterocycles. The van der Waals surface area contributed by atoms with E-state index < -0.39 is 0 Å². The lowest BCUT2D eigenvalue weighted by atomic mass is 10.1. The summed E-state index contributed by atoms with van der Waals surface area (Å²) in [5.74, 6) is 0.781. The third-order valence-electron chi connectivity index (χ3n) is 4.49. The van der Waals surface area contributed by atoms with Crippen molar-refractivity contribution in [2.45, 2.75) is 32.6 Å². The monoisotopic (exact) mass is 338 g/mol. The molecular formula is C21H26N2O2. The Morgan fingerprint density at radius 2 is 1.76 bits per heavy atom. The Morgan fingerprint density at radius 3 is 2.52 bits per heavy atom. The van der Waals surface area contributed by atoms with Crippen LogP contribution in [0.3, 0.4) is 0 Å². The number of para-hydroxylation sites is 2. The van der Waals surface area contributed by atoms with Gasteiger partial charge in [0, 0.05) is 13.1 Å². The minimum atomic E-state index is -0.0171. The van der Waals surface area contributed by atoms with Gasteiger partial charge >= 0.3 is 0 Å².